The smallest absolute Gasteiger partial charge is 0.305 e. The number of carbonyl (C=O) groups is 2. The monoisotopic (exact) mass is 846 g/mol. The minimum absolute atomic E-state index is 0.00433. The molecule has 354 valence electrons. The van der Waals surface area contributed by atoms with Crippen LogP contribution in [0.15, 0.2) is 24.3 Å². The lowest BCUT2D eigenvalue weighted by Gasteiger charge is -2.20. The molecule has 0 rings (SSSR count). The normalized spacial score (nSPS) is 12.8. The van der Waals surface area contributed by atoms with Gasteiger partial charge in [-0.1, -0.05) is 237 Å². The summed E-state index contributed by atoms with van der Waals surface area (Å²) in [7, 11) is 0. The zero-order chi connectivity index (χ0) is 43.7. The number of aliphatic hydroxyl groups is 2. The van der Waals surface area contributed by atoms with E-state index < -0.39 is 12.1 Å². The van der Waals surface area contributed by atoms with Crippen LogP contribution in [0, 0.1) is 0 Å². The second kappa shape index (κ2) is 50.0. The van der Waals surface area contributed by atoms with Crippen LogP contribution in [-0.4, -0.2) is 47.4 Å². The lowest BCUT2D eigenvalue weighted by atomic mass is 10.0. The third-order valence-electron chi connectivity index (χ3n) is 12.2. The molecular weight excluding hydrogens is 743 g/mol. The topological polar surface area (TPSA) is 95.9 Å². The van der Waals surface area contributed by atoms with Gasteiger partial charge in [0.1, 0.15) is 0 Å². The highest BCUT2D eigenvalue weighted by atomic mass is 16.5. The van der Waals surface area contributed by atoms with Gasteiger partial charge in [0.15, 0.2) is 0 Å². The van der Waals surface area contributed by atoms with Crippen LogP contribution in [0.2, 0.25) is 0 Å². The average Bonchev–Trinajstić information content (AvgIpc) is 3.25. The fraction of sp³-hybridized carbons (Fsp3) is 0.889. The van der Waals surface area contributed by atoms with Gasteiger partial charge in [-0.2, -0.15) is 0 Å². The Morgan fingerprint density at radius 1 is 0.450 bits per heavy atom. The molecule has 0 aromatic heterocycles. The van der Waals surface area contributed by atoms with E-state index in [1.807, 2.05) is 6.08 Å². The van der Waals surface area contributed by atoms with E-state index in [1.54, 1.807) is 6.08 Å². The number of carbonyl (C=O) groups excluding carboxylic acids is 2. The van der Waals surface area contributed by atoms with Gasteiger partial charge in [-0.15, -0.1) is 0 Å². The predicted molar refractivity (Wildman–Crippen MR) is 260 cm³/mol. The number of allylic oxidation sites excluding steroid dienone is 3. The van der Waals surface area contributed by atoms with Crippen LogP contribution in [0.4, 0.5) is 0 Å². The molecule has 0 aliphatic carbocycles. The summed E-state index contributed by atoms with van der Waals surface area (Å²) in [5, 5.41) is 22.9. The molecule has 2 unspecified atom stereocenters. The maximum absolute atomic E-state index is 12.4. The van der Waals surface area contributed by atoms with E-state index in [1.165, 1.54) is 199 Å². The largest absolute Gasteiger partial charge is 0.466 e. The summed E-state index contributed by atoms with van der Waals surface area (Å²) in [6.45, 7) is 4.86. The number of rotatable bonds is 49. The second-order valence-corrected chi connectivity index (χ2v) is 18.2. The van der Waals surface area contributed by atoms with E-state index in [4.69, 9.17) is 4.74 Å². The molecule has 0 bridgehead atoms. The van der Waals surface area contributed by atoms with Crippen molar-refractivity contribution >= 4 is 11.9 Å². The molecule has 0 aliphatic heterocycles. The van der Waals surface area contributed by atoms with Crippen molar-refractivity contribution in [3.63, 3.8) is 0 Å². The van der Waals surface area contributed by atoms with Crippen molar-refractivity contribution in [3.8, 4) is 0 Å². The van der Waals surface area contributed by atoms with Gasteiger partial charge in [0.05, 0.1) is 25.4 Å². The maximum Gasteiger partial charge on any atom is 0.305 e. The van der Waals surface area contributed by atoms with Crippen LogP contribution in [0.1, 0.15) is 284 Å². The summed E-state index contributed by atoms with van der Waals surface area (Å²) in [6.07, 6.45) is 59.0. The minimum Gasteiger partial charge on any atom is -0.466 e. The Morgan fingerprint density at radius 2 is 0.783 bits per heavy atom. The molecule has 0 aromatic carbocycles. The van der Waals surface area contributed by atoms with Gasteiger partial charge < -0.3 is 20.3 Å². The van der Waals surface area contributed by atoms with Crippen molar-refractivity contribution in [2.24, 2.45) is 0 Å². The Kier molecular flexibility index (Phi) is 48.6. The van der Waals surface area contributed by atoms with Crippen LogP contribution >= 0.6 is 0 Å². The van der Waals surface area contributed by atoms with Crippen molar-refractivity contribution < 1.29 is 24.5 Å². The molecule has 0 aromatic rings. The molecule has 0 saturated heterocycles. The summed E-state index contributed by atoms with van der Waals surface area (Å²) < 4.78 is 5.48. The van der Waals surface area contributed by atoms with Gasteiger partial charge in [-0.3, -0.25) is 9.59 Å². The Bertz CT molecular complexity index is 935. The van der Waals surface area contributed by atoms with Crippen molar-refractivity contribution in [2.75, 3.05) is 13.2 Å². The molecule has 6 nitrogen and oxygen atoms in total. The molecule has 6 heteroatoms. The quantitative estimate of drug-likeness (QED) is 0.0322. The molecule has 0 radical (unpaired) electrons. The average molecular weight is 846 g/mol. The summed E-state index contributed by atoms with van der Waals surface area (Å²) in [4.78, 5) is 24.4. The number of aliphatic hydroxyl groups excluding tert-OH is 2. The van der Waals surface area contributed by atoms with Gasteiger partial charge >= 0.3 is 5.97 Å². The third kappa shape index (κ3) is 45.9. The first kappa shape index (κ1) is 58.3. The van der Waals surface area contributed by atoms with Crippen molar-refractivity contribution in [1.29, 1.82) is 0 Å². The van der Waals surface area contributed by atoms with Crippen molar-refractivity contribution in [3.05, 3.63) is 24.3 Å². The Labute approximate surface area is 373 Å². The predicted octanol–water partition coefficient (Wildman–Crippen LogP) is 15.9. The molecule has 3 N–H and O–H groups in total. The second-order valence-electron chi connectivity index (χ2n) is 18.2. The highest BCUT2D eigenvalue weighted by Crippen LogP contribution is 2.16. The number of unbranched alkanes of at least 4 members (excludes halogenated alkanes) is 36. The van der Waals surface area contributed by atoms with Gasteiger partial charge in [0.25, 0.3) is 0 Å². The highest BCUT2D eigenvalue weighted by Gasteiger charge is 2.18. The van der Waals surface area contributed by atoms with E-state index in [2.05, 4.69) is 31.3 Å². The lowest BCUT2D eigenvalue weighted by molar-refractivity contribution is -0.143. The molecule has 0 heterocycles. The van der Waals surface area contributed by atoms with E-state index in [0.29, 0.717) is 19.4 Å². The molecular formula is C54H103NO5. The van der Waals surface area contributed by atoms with Crippen LogP contribution < -0.4 is 5.32 Å². The van der Waals surface area contributed by atoms with Crippen molar-refractivity contribution in [2.45, 2.75) is 296 Å². The van der Waals surface area contributed by atoms with E-state index >= 15 is 0 Å². The van der Waals surface area contributed by atoms with Gasteiger partial charge in [-0.25, -0.2) is 0 Å². The Balaban J connectivity index is 3.42. The fourth-order valence-electron chi connectivity index (χ4n) is 8.10. The number of hydrogen-bond donors (Lipinski definition) is 3. The molecule has 0 saturated carbocycles. The summed E-state index contributed by atoms with van der Waals surface area (Å²) in [5.74, 6) is -0.0847. The van der Waals surface area contributed by atoms with Gasteiger partial charge in [-0.05, 0) is 57.8 Å². The van der Waals surface area contributed by atoms with Crippen molar-refractivity contribution in [1.82, 2.24) is 5.32 Å². The number of ether oxygens (including phenoxy) is 1. The first-order chi connectivity index (χ1) is 29.5. The summed E-state index contributed by atoms with van der Waals surface area (Å²) >= 11 is 0. The summed E-state index contributed by atoms with van der Waals surface area (Å²) in [5.41, 5.74) is 0. The number of amides is 1. The number of esters is 1. The lowest BCUT2D eigenvalue weighted by Crippen LogP contribution is -2.45. The zero-order valence-corrected chi connectivity index (χ0v) is 40.2. The van der Waals surface area contributed by atoms with E-state index in [0.717, 1.165) is 57.8 Å². The van der Waals surface area contributed by atoms with Gasteiger partial charge in [0.2, 0.25) is 5.91 Å². The molecule has 0 aliphatic rings. The molecule has 60 heavy (non-hydrogen) atoms. The summed E-state index contributed by atoms with van der Waals surface area (Å²) in [6, 6.07) is -0.634. The molecule has 2 atom stereocenters. The van der Waals surface area contributed by atoms with Crippen LogP contribution in [0.3, 0.4) is 0 Å². The van der Waals surface area contributed by atoms with Gasteiger partial charge in [0, 0.05) is 12.8 Å². The number of hydrogen-bond acceptors (Lipinski definition) is 5. The van der Waals surface area contributed by atoms with Crippen LogP contribution in [0.25, 0.3) is 0 Å². The Hall–Kier alpha value is -1.66. The fourth-order valence-corrected chi connectivity index (χ4v) is 8.10. The maximum atomic E-state index is 12.4. The highest BCUT2D eigenvalue weighted by molar-refractivity contribution is 5.76. The third-order valence-corrected chi connectivity index (χ3v) is 12.2. The minimum atomic E-state index is -0.849. The first-order valence-electron chi connectivity index (χ1n) is 26.6. The van der Waals surface area contributed by atoms with Crippen LogP contribution in [-0.2, 0) is 14.3 Å². The first-order valence-corrected chi connectivity index (χ1v) is 26.6. The van der Waals surface area contributed by atoms with Crippen LogP contribution in [0.5, 0.6) is 0 Å². The van der Waals surface area contributed by atoms with E-state index in [9.17, 15) is 19.8 Å². The van der Waals surface area contributed by atoms with E-state index in [-0.39, 0.29) is 18.5 Å². The number of nitrogens with one attached hydrogen (secondary N) is 1. The molecule has 0 spiro atoms. The molecule has 1 amide bonds. The standard InChI is InChI=1S/C54H103NO5/c1-3-5-7-9-11-13-15-16-17-18-19-20-21-25-28-32-36-40-44-48-54(59)60-49-45-41-37-33-29-26-23-22-24-27-31-35-39-43-47-53(58)55-51(50-56)52(57)46-42-38-34-30-14-12-10-8-6-4-2/h16-17,42,46,51-52,56-57H,3-15,18-41,43-45,47-50H2,1-2H3,(H,55,58)/b17-16-,46-42+. The zero-order valence-electron chi connectivity index (χ0n) is 40.2. The SMILES string of the molecule is CCCCCCCC/C=C\CCCCCCCCCCCC(=O)OCCCCCCCCCCCCCCCCC(=O)NC(CO)C(O)/C=C/CCCCCCCCCC. The molecule has 0 fully saturated rings. The Morgan fingerprint density at radius 3 is 1.18 bits per heavy atom.